The van der Waals surface area contributed by atoms with Crippen LogP contribution in [0.25, 0.3) is 0 Å². The van der Waals surface area contributed by atoms with Crippen LogP contribution in [0.1, 0.15) is 22.0 Å². The van der Waals surface area contributed by atoms with Crippen molar-refractivity contribution in [1.82, 2.24) is 10.2 Å². The Hall–Kier alpha value is -2.24. The summed E-state index contributed by atoms with van der Waals surface area (Å²) < 4.78 is 18.7. The third-order valence-electron chi connectivity index (χ3n) is 4.14. The maximum atomic E-state index is 12.9. The van der Waals surface area contributed by atoms with E-state index >= 15 is 0 Å². The number of hydrogen-bond acceptors (Lipinski definition) is 3. The Morgan fingerprint density at radius 3 is 2.67 bits per heavy atom. The van der Waals surface area contributed by atoms with Crippen molar-refractivity contribution in [3.8, 4) is 0 Å². The van der Waals surface area contributed by atoms with Crippen LogP contribution in [0, 0.1) is 5.82 Å². The average Bonchev–Trinajstić information content (AvgIpc) is 2.63. The largest absolute Gasteiger partial charge is 0.371 e. The van der Waals surface area contributed by atoms with Gasteiger partial charge in [-0.25, -0.2) is 4.39 Å². The molecule has 24 heavy (non-hydrogen) atoms. The van der Waals surface area contributed by atoms with Crippen molar-refractivity contribution in [3.63, 3.8) is 0 Å². The molecular weight excluding hydrogens is 307 g/mol. The van der Waals surface area contributed by atoms with Gasteiger partial charge in [0.05, 0.1) is 12.7 Å². The first kappa shape index (κ1) is 16.6. The van der Waals surface area contributed by atoms with Crippen LogP contribution >= 0.6 is 0 Å². The lowest BCUT2D eigenvalue weighted by atomic mass is 10.1. The highest BCUT2D eigenvalue weighted by molar-refractivity contribution is 5.94. The molecule has 0 bridgehead atoms. The van der Waals surface area contributed by atoms with Crippen molar-refractivity contribution in [2.45, 2.75) is 6.10 Å². The van der Waals surface area contributed by atoms with Gasteiger partial charge in [0.2, 0.25) is 0 Å². The van der Waals surface area contributed by atoms with E-state index in [-0.39, 0.29) is 17.8 Å². The molecule has 0 saturated carbocycles. The number of nitrogens with zero attached hydrogens (tertiary/aromatic N) is 1. The summed E-state index contributed by atoms with van der Waals surface area (Å²) in [5.41, 5.74) is 1.65. The number of morpholine rings is 1. The Bertz CT molecular complexity index is 661. The maximum absolute atomic E-state index is 12.9. The molecule has 3 rings (SSSR count). The van der Waals surface area contributed by atoms with E-state index < -0.39 is 0 Å². The van der Waals surface area contributed by atoms with Crippen molar-refractivity contribution >= 4 is 5.91 Å². The van der Waals surface area contributed by atoms with Crippen molar-refractivity contribution in [2.75, 3.05) is 32.8 Å². The van der Waals surface area contributed by atoms with E-state index in [0.29, 0.717) is 18.7 Å². The molecule has 1 amide bonds. The van der Waals surface area contributed by atoms with Crippen molar-refractivity contribution in [1.29, 1.82) is 0 Å². The highest BCUT2D eigenvalue weighted by Crippen LogP contribution is 2.21. The third kappa shape index (κ3) is 4.40. The minimum atomic E-state index is -0.341. The Morgan fingerprint density at radius 1 is 1.17 bits per heavy atom. The zero-order valence-electron chi connectivity index (χ0n) is 13.5. The molecule has 2 aromatic rings. The fraction of sp³-hybridized carbons (Fsp3) is 0.316. The Labute approximate surface area is 141 Å². The molecule has 1 saturated heterocycles. The summed E-state index contributed by atoms with van der Waals surface area (Å²) in [7, 11) is 0. The Balaban J connectivity index is 1.46. The molecule has 0 aromatic heterocycles. The van der Waals surface area contributed by atoms with Crippen LogP contribution in [0.5, 0.6) is 0 Å². The normalized spacial score (nSPS) is 18.3. The monoisotopic (exact) mass is 328 g/mol. The molecule has 1 fully saturated rings. The summed E-state index contributed by atoms with van der Waals surface area (Å²) in [4.78, 5) is 14.3. The molecule has 126 valence electrons. The van der Waals surface area contributed by atoms with Gasteiger partial charge in [0.25, 0.3) is 5.91 Å². The fourth-order valence-electron chi connectivity index (χ4n) is 2.81. The average molecular weight is 328 g/mol. The Kier molecular flexibility index (Phi) is 5.56. The number of benzene rings is 2. The van der Waals surface area contributed by atoms with Crippen LogP contribution in [-0.4, -0.2) is 43.6 Å². The van der Waals surface area contributed by atoms with E-state index in [1.54, 1.807) is 0 Å². The molecule has 0 aliphatic carbocycles. The second-order valence-corrected chi connectivity index (χ2v) is 5.83. The van der Waals surface area contributed by atoms with E-state index in [1.807, 2.05) is 18.2 Å². The molecule has 4 nitrogen and oxygen atoms in total. The van der Waals surface area contributed by atoms with Gasteiger partial charge in [-0.15, -0.1) is 0 Å². The second kappa shape index (κ2) is 8.04. The minimum Gasteiger partial charge on any atom is -0.371 e. The van der Waals surface area contributed by atoms with Crippen LogP contribution in [-0.2, 0) is 4.74 Å². The molecule has 1 heterocycles. The number of carbonyl (C=O) groups is 1. The van der Waals surface area contributed by atoms with E-state index in [4.69, 9.17) is 4.74 Å². The van der Waals surface area contributed by atoms with Gasteiger partial charge in [-0.2, -0.15) is 0 Å². The molecule has 2 aromatic carbocycles. The van der Waals surface area contributed by atoms with Gasteiger partial charge in [0.15, 0.2) is 0 Å². The quantitative estimate of drug-likeness (QED) is 0.917. The Morgan fingerprint density at radius 2 is 1.92 bits per heavy atom. The van der Waals surface area contributed by atoms with Gasteiger partial charge in [-0.1, -0.05) is 30.3 Å². The molecule has 1 aliphatic rings. The fourth-order valence-corrected chi connectivity index (χ4v) is 2.81. The predicted octanol–water partition coefficient (Wildman–Crippen LogP) is 2.63. The second-order valence-electron chi connectivity index (χ2n) is 5.83. The topological polar surface area (TPSA) is 41.6 Å². The van der Waals surface area contributed by atoms with E-state index in [2.05, 4.69) is 22.3 Å². The van der Waals surface area contributed by atoms with Crippen LogP contribution in [0.15, 0.2) is 54.6 Å². The summed E-state index contributed by atoms with van der Waals surface area (Å²) >= 11 is 0. The lowest BCUT2D eigenvalue weighted by Crippen LogP contribution is -2.42. The molecule has 0 spiro atoms. The predicted molar refractivity (Wildman–Crippen MR) is 90.3 cm³/mol. The third-order valence-corrected chi connectivity index (χ3v) is 4.14. The van der Waals surface area contributed by atoms with Gasteiger partial charge >= 0.3 is 0 Å². The summed E-state index contributed by atoms with van der Waals surface area (Å²) in [5, 5.41) is 2.88. The van der Waals surface area contributed by atoms with Crippen molar-refractivity contribution in [3.05, 3.63) is 71.5 Å². The maximum Gasteiger partial charge on any atom is 0.251 e. The zero-order valence-corrected chi connectivity index (χ0v) is 13.5. The molecule has 1 aliphatic heterocycles. The summed E-state index contributed by atoms with van der Waals surface area (Å²) in [6.45, 7) is 3.68. The van der Waals surface area contributed by atoms with Gasteiger partial charge in [-0.3, -0.25) is 9.69 Å². The van der Waals surface area contributed by atoms with Crippen LogP contribution < -0.4 is 5.32 Å². The highest BCUT2D eigenvalue weighted by Gasteiger charge is 2.21. The number of carbonyl (C=O) groups excluding carboxylic acids is 1. The molecule has 1 N–H and O–H groups in total. The van der Waals surface area contributed by atoms with E-state index in [0.717, 1.165) is 19.6 Å². The summed E-state index contributed by atoms with van der Waals surface area (Å²) in [6, 6.07) is 15.7. The SMILES string of the molecule is O=C(NCCN1CCOC(c2ccccc2)C1)c1ccc(F)cc1. The molecule has 1 unspecified atom stereocenters. The van der Waals surface area contributed by atoms with Gasteiger partial charge in [0, 0.05) is 31.7 Å². The van der Waals surface area contributed by atoms with Gasteiger partial charge in [-0.05, 0) is 29.8 Å². The van der Waals surface area contributed by atoms with Gasteiger partial charge < -0.3 is 10.1 Å². The first-order valence-electron chi connectivity index (χ1n) is 8.15. The molecular formula is C19H21FN2O2. The van der Waals surface area contributed by atoms with Crippen LogP contribution in [0.2, 0.25) is 0 Å². The standard InChI is InChI=1S/C19H21FN2O2/c20-17-8-6-16(7-9-17)19(23)21-10-11-22-12-13-24-18(14-22)15-4-2-1-3-5-15/h1-9,18H,10-14H2,(H,21,23). The molecule has 0 radical (unpaired) electrons. The van der Waals surface area contributed by atoms with Crippen molar-refractivity contribution in [2.24, 2.45) is 0 Å². The van der Waals surface area contributed by atoms with Crippen LogP contribution in [0.3, 0.4) is 0 Å². The molecule has 5 heteroatoms. The number of nitrogens with one attached hydrogen (secondary N) is 1. The van der Waals surface area contributed by atoms with Gasteiger partial charge in [0.1, 0.15) is 5.82 Å². The van der Waals surface area contributed by atoms with Crippen LogP contribution in [0.4, 0.5) is 4.39 Å². The van der Waals surface area contributed by atoms with Crippen molar-refractivity contribution < 1.29 is 13.9 Å². The number of halogens is 1. The summed E-state index contributed by atoms with van der Waals surface area (Å²) in [6.07, 6.45) is 0.0766. The highest BCUT2D eigenvalue weighted by atomic mass is 19.1. The minimum absolute atomic E-state index is 0.0766. The number of hydrogen-bond donors (Lipinski definition) is 1. The smallest absolute Gasteiger partial charge is 0.251 e. The van der Waals surface area contributed by atoms with E-state index in [1.165, 1.54) is 29.8 Å². The lowest BCUT2D eigenvalue weighted by Gasteiger charge is -2.33. The zero-order chi connectivity index (χ0) is 16.8. The first-order valence-corrected chi connectivity index (χ1v) is 8.15. The first-order chi connectivity index (χ1) is 11.7. The molecule has 1 atom stereocenters. The number of ether oxygens (including phenoxy) is 1. The summed E-state index contributed by atoms with van der Waals surface area (Å²) in [5.74, 6) is -0.519. The number of amides is 1. The van der Waals surface area contributed by atoms with E-state index in [9.17, 15) is 9.18 Å². The lowest BCUT2D eigenvalue weighted by molar-refractivity contribution is -0.0293. The number of rotatable bonds is 5.